The lowest BCUT2D eigenvalue weighted by Crippen LogP contribution is -2.24. The predicted molar refractivity (Wildman–Crippen MR) is 108 cm³/mol. The van der Waals surface area contributed by atoms with Gasteiger partial charge in [0.25, 0.3) is 5.56 Å². The molecule has 0 aliphatic rings. The molecule has 0 saturated heterocycles. The van der Waals surface area contributed by atoms with Crippen LogP contribution in [-0.2, 0) is 13.0 Å². The van der Waals surface area contributed by atoms with Gasteiger partial charge in [-0.05, 0) is 35.2 Å². The molecule has 5 nitrogen and oxygen atoms in total. The number of nitrogens with zero attached hydrogens (tertiary/aromatic N) is 1. The zero-order valence-electron chi connectivity index (χ0n) is 14.1. The van der Waals surface area contributed by atoms with E-state index in [0.717, 1.165) is 27.8 Å². The Kier molecular flexibility index (Phi) is 4.59. The maximum absolute atomic E-state index is 13.1. The fraction of sp³-hybridized carbons (Fsp3) is 0.100. The number of halogens is 1. The minimum Gasteiger partial charge on any atom is -0.494 e. The first kappa shape index (κ1) is 17.6. The Hall–Kier alpha value is -2.83. The van der Waals surface area contributed by atoms with Crippen molar-refractivity contribution in [1.82, 2.24) is 9.55 Å². The number of aromatic amines is 1. The van der Waals surface area contributed by atoms with Gasteiger partial charge in [-0.3, -0.25) is 14.6 Å². The van der Waals surface area contributed by atoms with Crippen molar-refractivity contribution in [3.63, 3.8) is 0 Å². The molecule has 4 aromatic rings. The number of thiazole rings is 1. The van der Waals surface area contributed by atoms with Gasteiger partial charge in [0.15, 0.2) is 0 Å². The number of nitrogens with one attached hydrogen (secondary N) is 1. The molecule has 2 aromatic heterocycles. The Morgan fingerprint density at radius 2 is 1.81 bits per heavy atom. The number of hydrogen-bond acceptors (Lipinski definition) is 4. The van der Waals surface area contributed by atoms with E-state index in [9.17, 15) is 14.7 Å². The third-order valence-corrected chi connectivity index (χ3v) is 5.51. The number of fused-ring (bicyclic) bond motifs is 1. The van der Waals surface area contributed by atoms with Gasteiger partial charge >= 0.3 is 4.87 Å². The number of H-pyrrole nitrogens is 1. The molecule has 0 aliphatic carbocycles. The van der Waals surface area contributed by atoms with Gasteiger partial charge in [-0.2, -0.15) is 0 Å². The highest BCUT2D eigenvalue weighted by Gasteiger charge is 2.14. The van der Waals surface area contributed by atoms with Crippen LogP contribution < -0.4 is 10.4 Å². The van der Waals surface area contributed by atoms with Crippen LogP contribution in [-0.4, -0.2) is 14.7 Å². The second-order valence-electron chi connectivity index (χ2n) is 6.21. The maximum atomic E-state index is 13.1. The molecule has 2 N–H and O–H groups in total. The van der Waals surface area contributed by atoms with Crippen molar-refractivity contribution >= 4 is 33.8 Å². The molecule has 136 valence electrons. The molecule has 0 amide bonds. The zero-order chi connectivity index (χ0) is 19.0. The number of benzene rings is 2. The summed E-state index contributed by atoms with van der Waals surface area (Å²) in [5.74, 6) is -0.179. The number of rotatable bonds is 4. The monoisotopic (exact) mass is 398 g/mol. The zero-order valence-corrected chi connectivity index (χ0v) is 15.7. The number of aromatic hydroxyl groups is 1. The quantitative estimate of drug-likeness (QED) is 0.549. The van der Waals surface area contributed by atoms with Gasteiger partial charge in [-0.1, -0.05) is 53.3 Å². The molecule has 4 rings (SSSR count). The van der Waals surface area contributed by atoms with Gasteiger partial charge in [-0.25, -0.2) is 0 Å². The molecule has 0 spiro atoms. The molecule has 27 heavy (non-hydrogen) atoms. The largest absolute Gasteiger partial charge is 0.494 e. The third-order valence-electron chi connectivity index (χ3n) is 4.38. The van der Waals surface area contributed by atoms with Crippen molar-refractivity contribution in [3.8, 4) is 5.88 Å². The van der Waals surface area contributed by atoms with Crippen molar-refractivity contribution < 1.29 is 5.11 Å². The van der Waals surface area contributed by atoms with E-state index in [4.69, 9.17) is 11.6 Å². The highest BCUT2D eigenvalue weighted by molar-refractivity contribution is 7.09. The van der Waals surface area contributed by atoms with E-state index in [1.54, 1.807) is 16.7 Å². The lowest BCUT2D eigenvalue weighted by Gasteiger charge is -2.13. The van der Waals surface area contributed by atoms with Crippen LogP contribution in [0.4, 0.5) is 0 Å². The predicted octanol–water partition coefficient (Wildman–Crippen LogP) is 3.75. The fourth-order valence-electron chi connectivity index (χ4n) is 3.09. The minimum absolute atomic E-state index is 0.149. The first-order chi connectivity index (χ1) is 13.0. The number of hydrogen-bond donors (Lipinski definition) is 2. The van der Waals surface area contributed by atoms with Crippen LogP contribution in [0.2, 0.25) is 5.02 Å². The summed E-state index contributed by atoms with van der Waals surface area (Å²) in [4.78, 5) is 27.0. The van der Waals surface area contributed by atoms with Crippen LogP contribution >= 0.6 is 22.9 Å². The highest BCUT2D eigenvalue weighted by Crippen LogP contribution is 2.22. The molecule has 2 aromatic carbocycles. The van der Waals surface area contributed by atoms with Gasteiger partial charge in [0, 0.05) is 17.0 Å². The van der Waals surface area contributed by atoms with Gasteiger partial charge in [0.05, 0.1) is 16.9 Å². The molecule has 2 heterocycles. The van der Waals surface area contributed by atoms with Crippen LogP contribution in [0, 0.1) is 0 Å². The van der Waals surface area contributed by atoms with Crippen molar-refractivity contribution in [2.75, 3.05) is 0 Å². The summed E-state index contributed by atoms with van der Waals surface area (Å²) in [7, 11) is 0. The maximum Gasteiger partial charge on any atom is 0.307 e. The molecule has 0 radical (unpaired) electrons. The van der Waals surface area contributed by atoms with Gasteiger partial charge in [-0.15, -0.1) is 0 Å². The molecular weight excluding hydrogens is 384 g/mol. The lowest BCUT2D eigenvalue weighted by molar-refractivity contribution is 0.451. The number of para-hydroxylation sites is 1. The normalized spacial score (nSPS) is 11.1. The first-order valence-corrected chi connectivity index (χ1v) is 9.47. The second kappa shape index (κ2) is 7.06. The average Bonchev–Trinajstić information content (AvgIpc) is 2.97. The first-order valence-electron chi connectivity index (χ1n) is 8.28. The van der Waals surface area contributed by atoms with E-state index in [1.807, 2.05) is 42.5 Å². The van der Waals surface area contributed by atoms with Crippen LogP contribution in [0.1, 0.15) is 16.0 Å². The molecule has 0 saturated carbocycles. The third kappa shape index (κ3) is 3.54. The standard InChI is InChI=1S/C20H15ClN2O3S/c21-15-7-5-12(6-8-15)11-23-16-4-2-1-3-13(16)9-14(19(23)25)10-17-18(24)22-20(26)27-17/h1-9,24H,10-11H2,(H,22,26). The van der Waals surface area contributed by atoms with Crippen molar-refractivity contribution in [2.24, 2.45) is 0 Å². The van der Waals surface area contributed by atoms with E-state index in [0.29, 0.717) is 22.0 Å². The van der Waals surface area contributed by atoms with E-state index >= 15 is 0 Å². The summed E-state index contributed by atoms with van der Waals surface area (Å²) in [6.07, 6.45) is 0.194. The number of pyridine rings is 1. The SMILES string of the molecule is O=c1[nH]c(O)c(Cc2cc3ccccc3n(Cc3ccc(Cl)cc3)c2=O)s1. The highest BCUT2D eigenvalue weighted by atomic mass is 35.5. The Balaban J connectivity index is 1.84. The summed E-state index contributed by atoms with van der Waals surface area (Å²) in [6, 6.07) is 16.8. The van der Waals surface area contributed by atoms with Gasteiger partial charge in [0.1, 0.15) is 0 Å². The van der Waals surface area contributed by atoms with Crippen molar-refractivity contribution in [3.05, 3.63) is 95.6 Å². The molecule has 0 atom stereocenters. The van der Waals surface area contributed by atoms with Crippen molar-refractivity contribution in [2.45, 2.75) is 13.0 Å². The molecule has 7 heteroatoms. The summed E-state index contributed by atoms with van der Waals surface area (Å²) in [6.45, 7) is 0.402. The smallest absolute Gasteiger partial charge is 0.307 e. The Labute approximate surface area is 163 Å². The van der Waals surface area contributed by atoms with Crippen molar-refractivity contribution in [1.29, 1.82) is 0 Å². The molecule has 0 aliphatic heterocycles. The summed E-state index contributed by atoms with van der Waals surface area (Å²) >= 11 is 6.86. The molecule has 0 fully saturated rings. The van der Waals surface area contributed by atoms with E-state index in [2.05, 4.69) is 4.98 Å². The van der Waals surface area contributed by atoms with E-state index in [1.165, 1.54) is 0 Å². The Morgan fingerprint density at radius 3 is 2.52 bits per heavy atom. The summed E-state index contributed by atoms with van der Waals surface area (Å²) < 4.78 is 1.71. The Morgan fingerprint density at radius 1 is 1.07 bits per heavy atom. The van der Waals surface area contributed by atoms with E-state index in [-0.39, 0.29) is 22.7 Å². The molecular formula is C20H15ClN2O3S. The van der Waals surface area contributed by atoms with Crippen LogP contribution in [0.5, 0.6) is 5.88 Å². The average molecular weight is 399 g/mol. The minimum atomic E-state index is -0.343. The fourth-order valence-corrected chi connectivity index (χ4v) is 3.96. The van der Waals surface area contributed by atoms with Crippen LogP contribution in [0.3, 0.4) is 0 Å². The second-order valence-corrected chi connectivity index (χ2v) is 7.71. The topological polar surface area (TPSA) is 75.1 Å². The summed E-state index contributed by atoms with van der Waals surface area (Å²) in [5, 5.41) is 11.4. The summed E-state index contributed by atoms with van der Waals surface area (Å²) in [5.41, 5.74) is 2.16. The molecule has 0 bridgehead atoms. The van der Waals surface area contributed by atoms with Gasteiger partial charge < -0.3 is 9.67 Å². The Bertz CT molecular complexity index is 1240. The van der Waals surface area contributed by atoms with E-state index < -0.39 is 0 Å². The number of aromatic nitrogens is 2. The van der Waals surface area contributed by atoms with Gasteiger partial charge in [0.2, 0.25) is 5.88 Å². The lowest BCUT2D eigenvalue weighted by atomic mass is 10.1. The molecule has 0 unspecified atom stereocenters. The van der Waals surface area contributed by atoms with Crippen LogP contribution in [0.25, 0.3) is 10.9 Å². The van der Waals surface area contributed by atoms with Crippen LogP contribution in [0.15, 0.2) is 64.2 Å².